The molecule has 0 aromatic heterocycles. The second-order valence-electron chi connectivity index (χ2n) is 3.65. The van der Waals surface area contributed by atoms with Crippen LogP contribution in [-0.2, 0) is 0 Å². The summed E-state index contributed by atoms with van der Waals surface area (Å²) in [5, 5.41) is 16.0. The highest BCUT2D eigenvalue weighted by molar-refractivity contribution is 5.98. The zero-order valence-corrected chi connectivity index (χ0v) is 10.2. The van der Waals surface area contributed by atoms with Gasteiger partial charge in [0, 0.05) is 13.1 Å². The lowest BCUT2D eigenvalue weighted by molar-refractivity contribution is -0.385. The van der Waals surface area contributed by atoms with E-state index in [0.717, 1.165) is 0 Å². The van der Waals surface area contributed by atoms with Crippen LogP contribution in [0.5, 0.6) is 0 Å². The normalized spacial score (nSPS) is 10.3. The summed E-state index contributed by atoms with van der Waals surface area (Å²) in [6.45, 7) is 3.28. The number of amides is 1. The molecule has 104 valence electrons. The van der Waals surface area contributed by atoms with Gasteiger partial charge in [-0.2, -0.15) is 0 Å². The smallest absolute Gasteiger partial charge is 0.285 e. The maximum Gasteiger partial charge on any atom is 0.285 e. The van der Waals surface area contributed by atoms with Crippen LogP contribution < -0.4 is 10.6 Å². The maximum absolute atomic E-state index is 13.0. The van der Waals surface area contributed by atoms with Crippen molar-refractivity contribution in [2.45, 2.75) is 6.92 Å². The first-order valence-corrected chi connectivity index (χ1v) is 5.59. The molecular formula is C11H13F2N3O3. The Labute approximate surface area is 108 Å². The van der Waals surface area contributed by atoms with Gasteiger partial charge in [0.15, 0.2) is 11.6 Å². The number of nitro benzene ring substituents is 1. The van der Waals surface area contributed by atoms with Crippen molar-refractivity contribution in [2.75, 3.05) is 19.6 Å². The van der Waals surface area contributed by atoms with Gasteiger partial charge in [0.05, 0.1) is 11.0 Å². The molecule has 0 fully saturated rings. The Morgan fingerprint density at radius 3 is 2.53 bits per heavy atom. The van der Waals surface area contributed by atoms with Crippen molar-refractivity contribution >= 4 is 11.6 Å². The van der Waals surface area contributed by atoms with Crippen LogP contribution in [0, 0.1) is 21.7 Å². The van der Waals surface area contributed by atoms with E-state index in [2.05, 4.69) is 10.6 Å². The molecule has 2 N–H and O–H groups in total. The number of hydrogen-bond donors (Lipinski definition) is 2. The minimum absolute atomic E-state index is 0.225. The molecule has 0 bridgehead atoms. The van der Waals surface area contributed by atoms with Gasteiger partial charge in [0.25, 0.3) is 11.6 Å². The van der Waals surface area contributed by atoms with E-state index in [1.165, 1.54) is 0 Å². The molecule has 1 rings (SSSR count). The minimum Gasteiger partial charge on any atom is -0.351 e. The van der Waals surface area contributed by atoms with Gasteiger partial charge in [-0.25, -0.2) is 8.78 Å². The Morgan fingerprint density at radius 2 is 1.95 bits per heavy atom. The lowest BCUT2D eigenvalue weighted by Gasteiger charge is -2.06. The van der Waals surface area contributed by atoms with Crippen molar-refractivity contribution in [1.29, 1.82) is 0 Å². The monoisotopic (exact) mass is 273 g/mol. The van der Waals surface area contributed by atoms with E-state index < -0.39 is 33.7 Å². The Hall–Kier alpha value is -2.09. The van der Waals surface area contributed by atoms with Crippen molar-refractivity contribution in [3.63, 3.8) is 0 Å². The lowest BCUT2D eigenvalue weighted by Crippen LogP contribution is -2.32. The second kappa shape index (κ2) is 6.74. The SMILES string of the molecule is CCNCCNC(=O)c1cc(F)c(F)cc1[N+](=O)[O-]. The van der Waals surface area contributed by atoms with Crippen molar-refractivity contribution in [3.05, 3.63) is 39.4 Å². The van der Waals surface area contributed by atoms with Crippen LogP contribution in [0.4, 0.5) is 14.5 Å². The van der Waals surface area contributed by atoms with E-state index in [1.54, 1.807) is 0 Å². The van der Waals surface area contributed by atoms with E-state index >= 15 is 0 Å². The van der Waals surface area contributed by atoms with Crippen LogP contribution in [0.1, 0.15) is 17.3 Å². The van der Waals surface area contributed by atoms with E-state index in [1.807, 2.05) is 6.92 Å². The van der Waals surface area contributed by atoms with E-state index in [9.17, 15) is 23.7 Å². The van der Waals surface area contributed by atoms with Gasteiger partial charge < -0.3 is 10.6 Å². The Morgan fingerprint density at radius 1 is 1.32 bits per heavy atom. The highest BCUT2D eigenvalue weighted by Crippen LogP contribution is 2.22. The summed E-state index contributed by atoms with van der Waals surface area (Å²) in [5.74, 6) is -3.48. The maximum atomic E-state index is 13.0. The highest BCUT2D eigenvalue weighted by atomic mass is 19.2. The van der Waals surface area contributed by atoms with Gasteiger partial charge in [-0.15, -0.1) is 0 Å². The van der Waals surface area contributed by atoms with Crippen LogP contribution in [0.3, 0.4) is 0 Å². The number of hydrogen-bond acceptors (Lipinski definition) is 4. The Kier molecular flexibility index (Phi) is 5.31. The molecule has 0 aliphatic rings. The average Bonchev–Trinajstić information content (AvgIpc) is 2.36. The van der Waals surface area contributed by atoms with Crippen molar-refractivity contribution in [1.82, 2.24) is 10.6 Å². The van der Waals surface area contributed by atoms with Gasteiger partial charge in [0.2, 0.25) is 0 Å². The van der Waals surface area contributed by atoms with Gasteiger partial charge in [-0.3, -0.25) is 14.9 Å². The van der Waals surface area contributed by atoms with Crippen LogP contribution in [0.15, 0.2) is 12.1 Å². The predicted octanol–water partition coefficient (Wildman–Crippen LogP) is 1.21. The van der Waals surface area contributed by atoms with Gasteiger partial charge in [0.1, 0.15) is 5.56 Å². The Bertz CT molecular complexity index is 494. The summed E-state index contributed by atoms with van der Waals surface area (Å²) in [6, 6.07) is 0.921. The predicted molar refractivity (Wildman–Crippen MR) is 63.9 cm³/mol. The fourth-order valence-electron chi connectivity index (χ4n) is 1.41. The molecule has 0 radical (unpaired) electrons. The first-order valence-electron chi connectivity index (χ1n) is 5.59. The molecule has 1 aromatic carbocycles. The molecule has 1 aromatic rings. The van der Waals surface area contributed by atoms with E-state index in [4.69, 9.17) is 0 Å². The number of carbonyl (C=O) groups is 1. The fraction of sp³-hybridized carbons (Fsp3) is 0.364. The zero-order chi connectivity index (χ0) is 14.4. The summed E-state index contributed by atoms with van der Waals surface area (Å²) in [5.41, 5.74) is -1.26. The number of carbonyl (C=O) groups excluding carboxylic acids is 1. The summed E-state index contributed by atoms with van der Waals surface area (Å²) in [6.07, 6.45) is 0. The molecule has 6 nitrogen and oxygen atoms in total. The van der Waals surface area contributed by atoms with Crippen LogP contribution in [-0.4, -0.2) is 30.5 Å². The minimum atomic E-state index is -1.36. The molecule has 0 atom stereocenters. The van der Waals surface area contributed by atoms with Crippen LogP contribution in [0.25, 0.3) is 0 Å². The number of rotatable bonds is 6. The van der Waals surface area contributed by atoms with Crippen LogP contribution >= 0.6 is 0 Å². The van der Waals surface area contributed by atoms with Gasteiger partial charge in [-0.1, -0.05) is 6.92 Å². The molecule has 1 amide bonds. The number of benzene rings is 1. The molecule has 0 aliphatic carbocycles. The topological polar surface area (TPSA) is 84.3 Å². The second-order valence-corrected chi connectivity index (χ2v) is 3.65. The summed E-state index contributed by atoms with van der Waals surface area (Å²) in [7, 11) is 0. The number of nitrogens with one attached hydrogen (secondary N) is 2. The number of nitrogens with zero attached hydrogens (tertiary/aromatic N) is 1. The molecule has 0 saturated heterocycles. The molecule has 0 spiro atoms. The third kappa shape index (κ3) is 3.95. The fourth-order valence-corrected chi connectivity index (χ4v) is 1.41. The molecular weight excluding hydrogens is 260 g/mol. The average molecular weight is 273 g/mol. The number of likely N-dealkylation sites (N-methyl/N-ethyl adjacent to an activating group) is 1. The van der Waals surface area contributed by atoms with Gasteiger partial charge in [-0.05, 0) is 12.6 Å². The van der Waals surface area contributed by atoms with Crippen LogP contribution in [0.2, 0.25) is 0 Å². The summed E-state index contributed by atoms with van der Waals surface area (Å²) >= 11 is 0. The van der Waals surface area contributed by atoms with Crippen molar-refractivity contribution < 1.29 is 18.5 Å². The lowest BCUT2D eigenvalue weighted by atomic mass is 10.1. The van der Waals surface area contributed by atoms with Crippen molar-refractivity contribution in [3.8, 4) is 0 Å². The van der Waals surface area contributed by atoms with E-state index in [-0.39, 0.29) is 6.54 Å². The van der Waals surface area contributed by atoms with Crippen molar-refractivity contribution in [2.24, 2.45) is 0 Å². The molecule has 0 saturated carbocycles. The zero-order valence-electron chi connectivity index (χ0n) is 10.2. The Balaban J connectivity index is 2.89. The molecule has 0 aliphatic heterocycles. The first-order chi connectivity index (χ1) is 8.97. The summed E-state index contributed by atoms with van der Waals surface area (Å²) < 4.78 is 26.0. The highest BCUT2D eigenvalue weighted by Gasteiger charge is 2.23. The largest absolute Gasteiger partial charge is 0.351 e. The summed E-state index contributed by atoms with van der Waals surface area (Å²) in [4.78, 5) is 21.4. The molecule has 19 heavy (non-hydrogen) atoms. The molecule has 0 heterocycles. The standard InChI is InChI=1S/C11H13F2N3O3/c1-2-14-3-4-15-11(17)7-5-8(12)9(13)6-10(7)16(18)19/h5-6,14H,2-4H2,1H3,(H,15,17). The third-order valence-corrected chi connectivity index (χ3v) is 2.32. The first kappa shape index (κ1) is 15.0. The molecule has 0 unspecified atom stereocenters. The van der Waals surface area contributed by atoms with E-state index in [0.29, 0.717) is 25.2 Å². The quantitative estimate of drug-likeness (QED) is 0.463. The third-order valence-electron chi connectivity index (χ3n) is 2.32. The molecule has 8 heteroatoms. The van der Waals surface area contributed by atoms with Gasteiger partial charge >= 0.3 is 0 Å². The number of halogens is 2. The number of nitro groups is 1.